The van der Waals surface area contributed by atoms with Crippen molar-refractivity contribution in [2.24, 2.45) is 11.0 Å². The van der Waals surface area contributed by atoms with E-state index in [0.29, 0.717) is 6.04 Å². The van der Waals surface area contributed by atoms with Crippen molar-refractivity contribution in [1.29, 1.82) is 0 Å². The fourth-order valence-electron chi connectivity index (χ4n) is 3.42. The number of para-hydroxylation sites is 1. The molecule has 0 spiro atoms. The van der Waals surface area contributed by atoms with Crippen LogP contribution < -0.4 is 5.32 Å². The predicted octanol–water partition coefficient (Wildman–Crippen LogP) is 4.50. The first-order valence-electron chi connectivity index (χ1n) is 8.08. The molecule has 3 aromatic rings. The van der Waals surface area contributed by atoms with E-state index in [2.05, 4.69) is 39.8 Å². The second kappa shape index (κ2) is 4.65. The molecule has 0 radical (unpaired) electrons. The number of aromatic nitrogens is 2. The van der Waals surface area contributed by atoms with Crippen molar-refractivity contribution < 1.29 is 4.70 Å². The van der Waals surface area contributed by atoms with Gasteiger partial charge in [0.15, 0.2) is 12.9 Å². The first kappa shape index (κ1) is 12.8. The Morgan fingerprint density at radius 3 is 2.91 bits per heavy atom. The Labute approximate surface area is 134 Å². The van der Waals surface area contributed by atoms with Crippen LogP contribution in [0.2, 0.25) is 0 Å². The lowest BCUT2D eigenvalue weighted by Gasteiger charge is -2.06. The lowest BCUT2D eigenvalue weighted by atomic mass is 10.0. The first-order chi connectivity index (χ1) is 11.3. The zero-order valence-electron chi connectivity index (χ0n) is 13.0. The van der Waals surface area contributed by atoms with Crippen LogP contribution in [0.1, 0.15) is 24.4 Å². The monoisotopic (exact) mass is 304 g/mol. The van der Waals surface area contributed by atoms with Crippen LogP contribution in [0.3, 0.4) is 0 Å². The van der Waals surface area contributed by atoms with Gasteiger partial charge in [-0.1, -0.05) is 16.8 Å². The van der Waals surface area contributed by atoms with Crippen LogP contribution in [0, 0.1) is 5.92 Å². The maximum Gasteiger partial charge on any atom is 0.238 e. The molecule has 0 saturated heterocycles. The number of fused-ring (bicyclic) bond motifs is 2. The number of aromatic amines is 1. The van der Waals surface area contributed by atoms with Gasteiger partial charge >= 0.3 is 0 Å². The number of hydrogen-bond donors (Lipinski definition) is 2. The van der Waals surface area contributed by atoms with Gasteiger partial charge in [0.25, 0.3) is 0 Å². The molecule has 5 nitrogen and oxygen atoms in total. The number of nitrogens with zero attached hydrogens (tertiary/aromatic N) is 3. The van der Waals surface area contributed by atoms with Crippen molar-refractivity contribution >= 4 is 28.1 Å². The van der Waals surface area contributed by atoms with E-state index < -0.39 is 0 Å². The predicted molar refractivity (Wildman–Crippen MR) is 89.6 cm³/mol. The zero-order chi connectivity index (χ0) is 15.4. The highest BCUT2D eigenvalue weighted by atomic mass is 15.3. The molecule has 23 heavy (non-hydrogen) atoms. The Hall–Kier alpha value is -2.69. The molecule has 1 fully saturated rings. The molecule has 2 N–H and O–H groups in total. The molecule has 1 aliphatic heterocycles. The molecule has 2 heterocycles. The third-order valence-corrected chi connectivity index (χ3v) is 4.80. The lowest BCUT2D eigenvalue weighted by molar-refractivity contribution is -0.478. The van der Waals surface area contributed by atoms with Crippen molar-refractivity contribution in [3.8, 4) is 0 Å². The van der Waals surface area contributed by atoms with Gasteiger partial charge in [-0.3, -0.25) is 5.10 Å². The molecular weight excluding hydrogens is 286 g/mol. The van der Waals surface area contributed by atoms with Gasteiger partial charge in [-0.2, -0.15) is 5.10 Å². The minimum Gasteiger partial charge on any atom is -0.338 e. The molecule has 1 atom stereocenters. The Morgan fingerprint density at radius 1 is 1.17 bits per heavy atom. The third kappa shape index (κ3) is 2.04. The van der Waals surface area contributed by atoms with Crippen LogP contribution in [0.15, 0.2) is 47.6 Å². The Bertz CT molecular complexity index is 935. The van der Waals surface area contributed by atoms with Crippen molar-refractivity contribution in [1.82, 2.24) is 10.2 Å². The van der Waals surface area contributed by atoms with E-state index in [9.17, 15) is 0 Å². The summed E-state index contributed by atoms with van der Waals surface area (Å²) in [4.78, 5) is 0. The van der Waals surface area contributed by atoms with Crippen LogP contribution in [0.25, 0.3) is 10.9 Å². The molecule has 2 aliphatic rings. The van der Waals surface area contributed by atoms with Crippen molar-refractivity contribution in [3.63, 3.8) is 0 Å². The summed E-state index contributed by atoms with van der Waals surface area (Å²) in [5.41, 5.74) is 4.63. The molecule has 2 aromatic carbocycles. The Balaban J connectivity index is 1.50. The highest BCUT2D eigenvalue weighted by Gasteiger charge is 2.41. The van der Waals surface area contributed by atoms with Gasteiger partial charge in [0.2, 0.25) is 5.69 Å². The number of rotatable bonds is 3. The van der Waals surface area contributed by atoms with Crippen molar-refractivity contribution in [2.75, 3.05) is 12.4 Å². The van der Waals surface area contributed by atoms with Crippen LogP contribution >= 0.6 is 0 Å². The molecule has 1 unspecified atom stereocenters. The molecule has 1 aromatic heterocycles. The van der Waals surface area contributed by atoms with E-state index in [4.69, 9.17) is 5.11 Å². The van der Waals surface area contributed by atoms with Crippen molar-refractivity contribution in [3.05, 3.63) is 48.0 Å². The fraction of sp³-hybridized carbons (Fsp3) is 0.278. The van der Waals surface area contributed by atoms with Crippen LogP contribution in [0.5, 0.6) is 0 Å². The summed E-state index contributed by atoms with van der Waals surface area (Å²) in [7, 11) is 2.04. The molecule has 0 bridgehead atoms. The molecule has 5 rings (SSSR count). The van der Waals surface area contributed by atoms with Gasteiger partial charge in [-0.05, 0) is 48.1 Å². The SMILES string of the molecule is C[N+]1=NC(C2CC2)c2ccc(Nc3n[nH]c4ccccc34)cc21. The number of azo groups is 2. The van der Waals surface area contributed by atoms with Crippen LogP contribution in [0.4, 0.5) is 17.2 Å². The first-order valence-corrected chi connectivity index (χ1v) is 8.08. The lowest BCUT2D eigenvalue weighted by Crippen LogP contribution is -1.96. The molecular formula is C18H18N5+. The summed E-state index contributed by atoms with van der Waals surface area (Å²) in [6, 6.07) is 15.0. The molecule has 1 aliphatic carbocycles. The highest BCUT2D eigenvalue weighted by molar-refractivity contribution is 5.91. The highest BCUT2D eigenvalue weighted by Crippen LogP contribution is 2.49. The standard InChI is InChI=1S/C18H17N5/c1-23-16-10-12(8-9-14(16)17(22-23)11-6-7-11)19-18-13-4-2-3-5-15(13)20-21-18/h2-5,8-11,17,22H,6-7H2,1H3/p+1. The quantitative estimate of drug-likeness (QED) is 0.700. The summed E-state index contributed by atoms with van der Waals surface area (Å²) >= 11 is 0. The number of nitrogens with one attached hydrogen (secondary N) is 2. The number of benzene rings is 2. The van der Waals surface area contributed by atoms with Crippen LogP contribution in [-0.4, -0.2) is 21.9 Å². The van der Waals surface area contributed by atoms with Gasteiger partial charge in [0.05, 0.1) is 11.1 Å². The summed E-state index contributed by atoms with van der Waals surface area (Å²) < 4.78 is 2.02. The summed E-state index contributed by atoms with van der Waals surface area (Å²) in [6.45, 7) is 0. The molecule has 114 valence electrons. The minimum absolute atomic E-state index is 0.357. The second-order valence-corrected chi connectivity index (χ2v) is 6.44. The zero-order valence-corrected chi connectivity index (χ0v) is 13.0. The third-order valence-electron chi connectivity index (χ3n) is 4.80. The van der Waals surface area contributed by atoms with Gasteiger partial charge in [-0.15, -0.1) is 0 Å². The fourth-order valence-corrected chi connectivity index (χ4v) is 3.42. The van der Waals surface area contributed by atoms with E-state index >= 15 is 0 Å². The van der Waals surface area contributed by atoms with E-state index in [1.165, 1.54) is 24.1 Å². The normalized spacial score (nSPS) is 19.7. The average molecular weight is 304 g/mol. The van der Waals surface area contributed by atoms with E-state index in [-0.39, 0.29) is 0 Å². The Kier molecular flexibility index (Phi) is 2.59. The van der Waals surface area contributed by atoms with Gasteiger partial charge in [-0.25, -0.2) is 0 Å². The maximum absolute atomic E-state index is 4.79. The second-order valence-electron chi connectivity index (χ2n) is 6.44. The van der Waals surface area contributed by atoms with Gasteiger partial charge in [0, 0.05) is 17.1 Å². The van der Waals surface area contributed by atoms with E-state index in [1.807, 2.05) is 29.9 Å². The minimum atomic E-state index is 0.357. The van der Waals surface area contributed by atoms with E-state index in [0.717, 1.165) is 28.3 Å². The van der Waals surface area contributed by atoms with Gasteiger partial charge < -0.3 is 5.32 Å². The summed E-state index contributed by atoms with van der Waals surface area (Å²) in [5, 5.41) is 16.8. The maximum atomic E-state index is 4.79. The smallest absolute Gasteiger partial charge is 0.238 e. The summed E-state index contributed by atoms with van der Waals surface area (Å²) in [5.74, 6) is 1.60. The topological polar surface area (TPSA) is 56.1 Å². The van der Waals surface area contributed by atoms with Crippen molar-refractivity contribution in [2.45, 2.75) is 18.9 Å². The number of hydrogen-bond acceptors (Lipinski definition) is 3. The van der Waals surface area contributed by atoms with Crippen LogP contribution in [-0.2, 0) is 0 Å². The van der Waals surface area contributed by atoms with Gasteiger partial charge in [0.1, 0.15) is 6.04 Å². The number of H-pyrrole nitrogens is 1. The largest absolute Gasteiger partial charge is 0.338 e. The molecule has 0 amide bonds. The average Bonchev–Trinajstić information content (AvgIpc) is 3.27. The molecule has 5 heteroatoms. The number of anilines is 2. The van der Waals surface area contributed by atoms with E-state index in [1.54, 1.807) is 0 Å². The summed E-state index contributed by atoms with van der Waals surface area (Å²) in [6.07, 6.45) is 2.61. The molecule has 1 saturated carbocycles. The Morgan fingerprint density at radius 2 is 2.04 bits per heavy atom.